The first-order chi connectivity index (χ1) is 10.8. The van der Waals surface area contributed by atoms with E-state index in [4.69, 9.17) is 16.3 Å². The summed E-state index contributed by atoms with van der Waals surface area (Å²) in [5.41, 5.74) is 1.70. The third kappa shape index (κ3) is 3.75. The van der Waals surface area contributed by atoms with E-state index in [1.165, 1.54) is 35.0 Å². The van der Waals surface area contributed by atoms with Crippen molar-refractivity contribution in [3.63, 3.8) is 0 Å². The molecule has 0 N–H and O–H groups in total. The molecule has 1 aromatic carbocycles. The second kappa shape index (κ2) is 6.62. The molecule has 0 spiro atoms. The number of esters is 1. The van der Waals surface area contributed by atoms with Crippen LogP contribution >= 0.6 is 11.6 Å². The molecule has 0 amide bonds. The van der Waals surface area contributed by atoms with Gasteiger partial charge in [-0.15, -0.1) is 0 Å². The lowest BCUT2D eigenvalue weighted by Gasteiger charge is -2.03. The smallest absolute Gasteiger partial charge is 0.336 e. The number of benzene rings is 1. The highest BCUT2D eigenvalue weighted by Gasteiger charge is 2.12. The second-order valence-corrected chi connectivity index (χ2v) is 5.23. The van der Waals surface area contributed by atoms with E-state index in [0.29, 0.717) is 22.0 Å². The number of rotatable bonds is 4. The first kappa shape index (κ1) is 16.7. The van der Waals surface area contributed by atoms with Gasteiger partial charge in [0.2, 0.25) is 0 Å². The van der Waals surface area contributed by atoms with Gasteiger partial charge in [0.1, 0.15) is 10.9 Å². The fraction of sp³-hybridized carbons (Fsp3) is 0.200. The van der Waals surface area contributed by atoms with E-state index in [1.54, 1.807) is 20.9 Å². The van der Waals surface area contributed by atoms with Crippen LogP contribution in [0.1, 0.15) is 16.8 Å². The van der Waals surface area contributed by atoms with Gasteiger partial charge in [0.05, 0.1) is 10.6 Å². The normalized spacial score (nSPS) is 11.0. The lowest BCUT2D eigenvalue weighted by molar-refractivity contribution is -0.385. The average molecular weight is 336 g/mol. The van der Waals surface area contributed by atoms with Crippen LogP contribution in [0.3, 0.4) is 0 Å². The lowest BCUT2D eigenvalue weighted by atomic mass is 10.2. The molecule has 120 valence electrons. The third-order valence-electron chi connectivity index (χ3n) is 3.17. The van der Waals surface area contributed by atoms with Gasteiger partial charge < -0.3 is 4.74 Å². The summed E-state index contributed by atoms with van der Waals surface area (Å²) in [4.78, 5) is 22.1. The van der Waals surface area contributed by atoms with Crippen LogP contribution in [0.25, 0.3) is 6.08 Å². The van der Waals surface area contributed by atoms with E-state index in [2.05, 4.69) is 5.10 Å². The SMILES string of the molecule is Cc1cc(OC(=O)/C=C/c2c(C)nn(C)c2Cl)ccc1[N+](=O)[O-]. The Bertz CT molecular complexity index is 811. The zero-order valence-corrected chi connectivity index (χ0v) is 13.5. The largest absolute Gasteiger partial charge is 0.423 e. The summed E-state index contributed by atoms with van der Waals surface area (Å²) in [5, 5.41) is 15.3. The van der Waals surface area contributed by atoms with Crippen LogP contribution in [-0.2, 0) is 11.8 Å². The Balaban J connectivity index is 2.12. The van der Waals surface area contributed by atoms with Gasteiger partial charge in [-0.25, -0.2) is 4.79 Å². The van der Waals surface area contributed by atoms with Crippen LogP contribution < -0.4 is 4.74 Å². The number of nitrogens with zero attached hydrogens (tertiary/aromatic N) is 3. The van der Waals surface area contributed by atoms with Gasteiger partial charge in [-0.05, 0) is 32.1 Å². The third-order valence-corrected chi connectivity index (χ3v) is 3.61. The van der Waals surface area contributed by atoms with E-state index in [0.717, 1.165) is 0 Å². The van der Waals surface area contributed by atoms with Gasteiger partial charge >= 0.3 is 5.97 Å². The van der Waals surface area contributed by atoms with Crippen molar-refractivity contribution < 1.29 is 14.5 Å². The van der Waals surface area contributed by atoms with Crippen molar-refractivity contribution in [2.24, 2.45) is 7.05 Å². The van der Waals surface area contributed by atoms with Crippen LogP contribution in [0, 0.1) is 24.0 Å². The quantitative estimate of drug-likeness (QED) is 0.281. The summed E-state index contributed by atoms with van der Waals surface area (Å²) >= 11 is 6.06. The fourth-order valence-corrected chi connectivity index (χ4v) is 2.27. The number of nitro groups is 1. The highest BCUT2D eigenvalue weighted by Crippen LogP contribution is 2.23. The first-order valence-corrected chi connectivity index (χ1v) is 7.01. The molecule has 2 aromatic rings. The molecule has 7 nitrogen and oxygen atoms in total. The Morgan fingerprint density at radius 3 is 2.65 bits per heavy atom. The number of hydrogen-bond acceptors (Lipinski definition) is 5. The summed E-state index contributed by atoms with van der Waals surface area (Å²) in [5.74, 6) is -0.380. The van der Waals surface area contributed by atoms with E-state index in [9.17, 15) is 14.9 Å². The maximum Gasteiger partial charge on any atom is 0.336 e. The van der Waals surface area contributed by atoms with E-state index >= 15 is 0 Å². The summed E-state index contributed by atoms with van der Waals surface area (Å²) in [7, 11) is 1.70. The van der Waals surface area contributed by atoms with Crippen molar-refractivity contribution in [2.75, 3.05) is 0 Å². The Labute approximate surface area is 137 Å². The summed E-state index contributed by atoms with van der Waals surface area (Å²) in [6.07, 6.45) is 2.75. The highest BCUT2D eigenvalue weighted by atomic mass is 35.5. The summed E-state index contributed by atoms with van der Waals surface area (Å²) in [6.45, 7) is 3.35. The van der Waals surface area contributed by atoms with Crippen molar-refractivity contribution in [1.29, 1.82) is 0 Å². The molecule has 0 saturated carbocycles. The maximum atomic E-state index is 11.8. The minimum Gasteiger partial charge on any atom is -0.423 e. The number of aromatic nitrogens is 2. The molecule has 1 heterocycles. The Morgan fingerprint density at radius 1 is 1.43 bits per heavy atom. The standard InChI is InChI=1S/C15H14ClN3O4/c1-9-8-11(4-6-13(9)19(21)22)23-14(20)7-5-12-10(2)17-18(3)15(12)16/h4-8H,1-3H3/b7-5+. The number of hydrogen-bond donors (Lipinski definition) is 0. The molecule has 0 aliphatic heterocycles. The Kier molecular flexibility index (Phi) is 4.80. The number of aryl methyl sites for hydroxylation is 3. The number of ether oxygens (including phenoxy) is 1. The molecule has 1 aromatic heterocycles. The van der Waals surface area contributed by atoms with Crippen molar-refractivity contribution in [3.05, 3.63) is 56.4 Å². The van der Waals surface area contributed by atoms with Gasteiger partial charge in [0.25, 0.3) is 5.69 Å². The van der Waals surface area contributed by atoms with Crippen molar-refractivity contribution in [2.45, 2.75) is 13.8 Å². The maximum absolute atomic E-state index is 11.8. The minimum absolute atomic E-state index is 0.0295. The molecule has 0 aliphatic rings. The predicted molar refractivity (Wildman–Crippen MR) is 85.5 cm³/mol. The number of halogens is 1. The monoisotopic (exact) mass is 335 g/mol. The van der Waals surface area contributed by atoms with Gasteiger partial charge in [-0.2, -0.15) is 5.10 Å². The molecular weight excluding hydrogens is 322 g/mol. The minimum atomic E-state index is -0.613. The van der Waals surface area contributed by atoms with Gasteiger partial charge in [-0.3, -0.25) is 14.8 Å². The van der Waals surface area contributed by atoms with E-state index < -0.39 is 10.9 Å². The van der Waals surface area contributed by atoms with Crippen molar-refractivity contribution in [1.82, 2.24) is 9.78 Å². The van der Waals surface area contributed by atoms with Crippen LogP contribution in [-0.4, -0.2) is 20.7 Å². The molecule has 0 aliphatic carbocycles. The van der Waals surface area contributed by atoms with Gasteiger partial charge in [0, 0.05) is 30.3 Å². The fourth-order valence-electron chi connectivity index (χ4n) is 2.03. The predicted octanol–water partition coefficient (Wildman–Crippen LogP) is 3.22. The molecule has 8 heteroatoms. The van der Waals surface area contributed by atoms with Crippen molar-refractivity contribution in [3.8, 4) is 5.75 Å². The Morgan fingerprint density at radius 2 is 2.13 bits per heavy atom. The van der Waals surface area contributed by atoms with Crippen molar-refractivity contribution >= 4 is 29.3 Å². The molecule has 0 saturated heterocycles. The second-order valence-electron chi connectivity index (χ2n) is 4.87. The Hall–Kier alpha value is -2.67. The highest BCUT2D eigenvalue weighted by molar-refractivity contribution is 6.31. The average Bonchev–Trinajstić information content (AvgIpc) is 2.70. The van der Waals surface area contributed by atoms with Crippen LogP contribution in [0.2, 0.25) is 5.15 Å². The molecule has 0 bridgehead atoms. The zero-order chi connectivity index (χ0) is 17.1. The molecule has 0 unspecified atom stereocenters. The number of carbonyl (C=O) groups excluding carboxylic acids is 1. The van der Waals surface area contributed by atoms with E-state index in [-0.39, 0.29) is 11.4 Å². The number of nitro benzene ring substituents is 1. The summed E-state index contributed by atoms with van der Waals surface area (Å²) in [6, 6.07) is 4.11. The number of carbonyl (C=O) groups is 1. The topological polar surface area (TPSA) is 87.3 Å². The molecular formula is C15H14ClN3O4. The van der Waals surface area contributed by atoms with Crippen LogP contribution in [0.15, 0.2) is 24.3 Å². The molecule has 2 rings (SSSR count). The summed E-state index contributed by atoms with van der Waals surface area (Å²) < 4.78 is 6.62. The zero-order valence-electron chi connectivity index (χ0n) is 12.7. The van der Waals surface area contributed by atoms with Crippen LogP contribution in [0.5, 0.6) is 5.75 Å². The lowest BCUT2D eigenvalue weighted by Crippen LogP contribution is -2.04. The molecule has 0 atom stereocenters. The van der Waals surface area contributed by atoms with Crippen LogP contribution in [0.4, 0.5) is 5.69 Å². The van der Waals surface area contributed by atoms with E-state index in [1.807, 2.05) is 0 Å². The molecule has 0 radical (unpaired) electrons. The van der Waals surface area contributed by atoms with Gasteiger partial charge in [-0.1, -0.05) is 11.6 Å². The molecule has 0 fully saturated rings. The molecule has 23 heavy (non-hydrogen) atoms. The first-order valence-electron chi connectivity index (χ1n) is 6.63. The van der Waals surface area contributed by atoms with Gasteiger partial charge in [0.15, 0.2) is 0 Å².